The third kappa shape index (κ3) is 5.91. The Hall–Kier alpha value is -5.67. The summed E-state index contributed by atoms with van der Waals surface area (Å²) in [5.41, 5.74) is 14.0. The summed E-state index contributed by atoms with van der Waals surface area (Å²) in [4.78, 5) is 5.44. The van der Waals surface area contributed by atoms with Crippen LogP contribution in [0.5, 0.6) is 0 Å². The molecule has 0 amide bonds. The minimum atomic E-state index is 0.0283. The predicted octanol–water partition coefficient (Wildman–Crippen LogP) is 15.4. The van der Waals surface area contributed by atoms with Crippen LogP contribution in [0.15, 0.2) is 126 Å². The van der Waals surface area contributed by atoms with Crippen molar-refractivity contribution < 1.29 is 4.42 Å². The van der Waals surface area contributed by atoms with Gasteiger partial charge >= 0.3 is 0 Å². The highest BCUT2D eigenvalue weighted by Crippen LogP contribution is 2.44. The molecular weight excluding hydrogens is 681 g/mol. The highest BCUT2D eigenvalue weighted by atomic mass is 16.3. The number of para-hydroxylation sites is 3. The molecular formula is C53H52N2O. The molecule has 3 heteroatoms. The second-order valence-electron chi connectivity index (χ2n) is 18.5. The van der Waals surface area contributed by atoms with Gasteiger partial charge in [-0.25, -0.2) is 4.98 Å². The molecule has 2 aromatic heterocycles. The first kappa shape index (κ1) is 36.0. The van der Waals surface area contributed by atoms with Crippen molar-refractivity contribution in [2.45, 2.75) is 91.9 Å². The number of nitrogens with zero attached hydrogens (tertiary/aromatic N) is 2. The number of rotatable bonds is 5. The molecule has 3 nitrogen and oxygen atoms in total. The van der Waals surface area contributed by atoms with Gasteiger partial charge in [0.2, 0.25) is 0 Å². The van der Waals surface area contributed by atoms with Crippen LogP contribution < -0.4 is 0 Å². The Morgan fingerprint density at radius 1 is 0.536 bits per heavy atom. The lowest BCUT2D eigenvalue weighted by Gasteiger charge is -2.28. The molecule has 0 unspecified atom stereocenters. The predicted molar refractivity (Wildman–Crippen MR) is 240 cm³/mol. The highest BCUT2D eigenvalue weighted by molar-refractivity contribution is 6.17. The molecule has 0 bridgehead atoms. The number of fused-ring (bicyclic) bond motifs is 7. The van der Waals surface area contributed by atoms with Crippen molar-refractivity contribution in [2.24, 2.45) is 0 Å². The summed E-state index contributed by atoms with van der Waals surface area (Å²) in [7, 11) is 0. The maximum atomic E-state index is 6.94. The van der Waals surface area contributed by atoms with Gasteiger partial charge in [-0.3, -0.25) is 4.57 Å². The van der Waals surface area contributed by atoms with Gasteiger partial charge in [-0.2, -0.15) is 0 Å². The molecule has 0 radical (unpaired) electrons. The molecule has 0 fully saturated rings. The van der Waals surface area contributed by atoms with Gasteiger partial charge in [0.05, 0.1) is 22.3 Å². The molecule has 7 aromatic carbocycles. The van der Waals surface area contributed by atoms with Gasteiger partial charge in [0, 0.05) is 10.8 Å². The van der Waals surface area contributed by atoms with Crippen molar-refractivity contribution in [1.29, 1.82) is 0 Å². The number of benzene rings is 7. The first-order chi connectivity index (χ1) is 26.7. The second kappa shape index (κ2) is 12.9. The Morgan fingerprint density at radius 2 is 1.14 bits per heavy atom. The van der Waals surface area contributed by atoms with E-state index in [4.69, 9.17) is 9.40 Å². The molecule has 0 saturated carbocycles. The zero-order chi connectivity index (χ0) is 39.3. The summed E-state index contributed by atoms with van der Waals surface area (Å²) in [6, 6.07) is 44.8. The van der Waals surface area contributed by atoms with Gasteiger partial charge in [0.25, 0.3) is 0 Å². The molecule has 2 heterocycles. The molecule has 0 aliphatic rings. The molecule has 0 spiro atoms. The van der Waals surface area contributed by atoms with E-state index in [1.165, 1.54) is 60.6 Å². The monoisotopic (exact) mass is 732 g/mol. The standard InChI is InChI=1S/C53H52N2O/c1-31(2)42-27-36(35-24-37(52(5,6)7)29-38(25-35)53(8,9)10)28-43(32(3)4)49(42)55-47-21-14-13-20-46(47)54-51(55)41-19-15-18-40-45-26-34-23-22-33-16-11-12-17-39(33)44(34)30-48(45)56-50(40)41/h11-32H,1-10H3. The van der Waals surface area contributed by atoms with Crippen molar-refractivity contribution in [3.63, 3.8) is 0 Å². The third-order valence-corrected chi connectivity index (χ3v) is 11.8. The van der Waals surface area contributed by atoms with E-state index in [1.807, 2.05) is 0 Å². The lowest BCUT2D eigenvalue weighted by atomic mass is 9.78. The van der Waals surface area contributed by atoms with Crippen LogP contribution in [-0.4, -0.2) is 9.55 Å². The topological polar surface area (TPSA) is 31.0 Å². The molecule has 9 rings (SSSR count). The average Bonchev–Trinajstić information content (AvgIpc) is 3.73. The highest BCUT2D eigenvalue weighted by Gasteiger charge is 2.27. The van der Waals surface area contributed by atoms with Crippen LogP contribution in [0, 0.1) is 0 Å². The summed E-state index contributed by atoms with van der Waals surface area (Å²) in [6.07, 6.45) is 0. The molecule has 56 heavy (non-hydrogen) atoms. The van der Waals surface area contributed by atoms with Crippen LogP contribution in [0.25, 0.3) is 82.7 Å². The Morgan fingerprint density at radius 3 is 1.82 bits per heavy atom. The van der Waals surface area contributed by atoms with Crippen LogP contribution in [0.3, 0.4) is 0 Å². The van der Waals surface area contributed by atoms with Gasteiger partial charge in [-0.05, 0) is 120 Å². The SMILES string of the molecule is CC(C)c1cc(-c2cc(C(C)(C)C)cc(C(C)(C)C)c2)cc(C(C)C)c1-n1c(-c2cccc3c2oc2cc4c(ccc5ccccc54)cc23)nc2ccccc21. The van der Waals surface area contributed by atoms with Gasteiger partial charge < -0.3 is 4.42 Å². The van der Waals surface area contributed by atoms with E-state index in [-0.39, 0.29) is 22.7 Å². The summed E-state index contributed by atoms with van der Waals surface area (Å²) < 4.78 is 9.37. The molecule has 280 valence electrons. The first-order valence-electron chi connectivity index (χ1n) is 20.3. The maximum absolute atomic E-state index is 6.94. The summed E-state index contributed by atoms with van der Waals surface area (Å²) in [6.45, 7) is 23.2. The van der Waals surface area contributed by atoms with Crippen LogP contribution in [0.4, 0.5) is 0 Å². The number of furan rings is 1. The number of hydrogen-bond acceptors (Lipinski definition) is 2. The van der Waals surface area contributed by atoms with E-state index in [1.54, 1.807) is 0 Å². The minimum absolute atomic E-state index is 0.0283. The molecule has 0 saturated heterocycles. The summed E-state index contributed by atoms with van der Waals surface area (Å²) >= 11 is 0. The van der Waals surface area contributed by atoms with E-state index in [9.17, 15) is 0 Å². The summed E-state index contributed by atoms with van der Waals surface area (Å²) in [5.74, 6) is 1.41. The zero-order valence-electron chi connectivity index (χ0n) is 34.5. The molecule has 9 aromatic rings. The van der Waals surface area contributed by atoms with Gasteiger partial charge in [0.15, 0.2) is 0 Å². The fourth-order valence-electron chi connectivity index (χ4n) is 8.55. The number of aromatic nitrogens is 2. The Labute approximate surface area is 331 Å². The number of hydrogen-bond donors (Lipinski definition) is 0. The van der Waals surface area contributed by atoms with E-state index in [2.05, 4.69) is 195 Å². The van der Waals surface area contributed by atoms with E-state index in [0.29, 0.717) is 0 Å². The van der Waals surface area contributed by atoms with Gasteiger partial charge in [-0.1, -0.05) is 148 Å². The van der Waals surface area contributed by atoms with Crippen molar-refractivity contribution >= 4 is 54.5 Å². The van der Waals surface area contributed by atoms with E-state index in [0.717, 1.165) is 44.4 Å². The van der Waals surface area contributed by atoms with Crippen molar-refractivity contribution in [3.8, 4) is 28.2 Å². The smallest absolute Gasteiger partial charge is 0.149 e. The fraction of sp³-hybridized carbons (Fsp3) is 0.264. The molecule has 0 aliphatic heterocycles. The minimum Gasteiger partial charge on any atom is -0.455 e. The second-order valence-corrected chi connectivity index (χ2v) is 18.5. The third-order valence-electron chi connectivity index (χ3n) is 11.8. The van der Waals surface area contributed by atoms with Crippen LogP contribution in [-0.2, 0) is 10.8 Å². The Balaban J connectivity index is 1.32. The lowest BCUT2D eigenvalue weighted by Crippen LogP contribution is -2.16. The van der Waals surface area contributed by atoms with Crippen molar-refractivity contribution in [3.05, 3.63) is 144 Å². The van der Waals surface area contributed by atoms with Crippen LogP contribution in [0.2, 0.25) is 0 Å². The maximum Gasteiger partial charge on any atom is 0.149 e. The normalized spacial score (nSPS) is 12.8. The lowest BCUT2D eigenvalue weighted by molar-refractivity contribution is 0.569. The molecule has 0 atom stereocenters. The first-order valence-corrected chi connectivity index (χ1v) is 20.3. The van der Waals surface area contributed by atoms with Crippen LogP contribution >= 0.6 is 0 Å². The summed E-state index contributed by atoms with van der Waals surface area (Å²) in [5, 5.41) is 7.10. The average molecular weight is 733 g/mol. The largest absolute Gasteiger partial charge is 0.455 e. The van der Waals surface area contributed by atoms with Crippen molar-refractivity contribution in [1.82, 2.24) is 9.55 Å². The van der Waals surface area contributed by atoms with E-state index < -0.39 is 0 Å². The van der Waals surface area contributed by atoms with Gasteiger partial charge in [0.1, 0.15) is 17.0 Å². The van der Waals surface area contributed by atoms with Gasteiger partial charge in [-0.15, -0.1) is 0 Å². The Kier molecular flexibility index (Phi) is 8.32. The zero-order valence-corrected chi connectivity index (χ0v) is 34.5. The number of imidazole rings is 1. The Bertz CT molecular complexity index is 2930. The fourth-order valence-corrected chi connectivity index (χ4v) is 8.55. The van der Waals surface area contributed by atoms with Crippen LogP contribution in [0.1, 0.15) is 103 Å². The van der Waals surface area contributed by atoms with Crippen molar-refractivity contribution in [2.75, 3.05) is 0 Å². The van der Waals surface area contributed by atoms with E-state index >= 15 is 0 Å². The molecule has 0 aliphatic carbocycles. The molecule has 0 N–H and O–H groups in total. The quantitative estimate of drug-likeness (QED) is 0.165.